The average Bonchev–Trinajstić information content (AvgIpc) is 3.16. The molecule has 0 atom stereocenters. The lowest BCUT2D eigenvalue weighted by atomic mass is 10.1. The van der Waals surface area contributed by atoms with Crippen LogP contribution in [0.5, 0.6) is 0 Å². The molecule has 0 aliphatic rings. The van der Waals surface area contributed by atoms with E-state index in [1.807, 2.05) is 42.5 Å². The molecule has 0 unspecified atom stereocenters. The number of halogens is 1. The highest BCUT2D eigenvalue weighted by molar-refractivity contribution is 14.0. The van der Waals surface area contributed by atoms with Crippen molar-refractivity contribution in [1.82, 2.24) is 4.90 Å². The SMILES string of the molecule is Cc1ccc(NC(N)=NCc2ccccc2CN(C)Cc2ccco2)cc1.I. The van der Waals surface area contributed by atoms with Gasteiger partial charge in [0.1, 0.15) is 5.76 Å². The summed E-state index contributed by atoms with van der Waals surface area (Å²) in [6.45, 7) is 4.18. The summed E-state index contributed by atoms with van der Waals surface area (Å²) >= 11 is 0. The standard InChI is InChI=1S/C22H26N4O.HI/c1-17-9-11-20(12-10-17)25-22(23)24-14-18-6-3-4-7-19(18)15-26(2)16-21-8-5-13-27-21;/h3-13H,14-16H2,1-2H3,(H3,23,24,25);1H. The summed E-state index contributed by atoms with van der Waals surface area (Å²) in [5.41, 5.74) is 10.6. The first kappa shape index (κ1) is 22.0. The Kier molecular flexibility index (Phi) is 8.53. The van der Waals surface area contributed by atoms with Crippen molar-refractivity contribution < 1.29 is 4.42 Å². The maximum absolute atomic E-state index is 6.05. The second kappa shape index (κ2) is 10.9. The van der Waals surface area contributed by atoms with Crippen LogP contribution in [0.2, 0.25) is 0 Å². The smallest absolute Gasteiger partial charge is 0.193 e. The zero-order chi connectivity index (χ0) is 19.1. The molecule has 5 nitrogen and oxygen atoms in total. The Hall–Kier alpha value is -2.32. The van der Waals surface area contributed by atoms with Crippen molar-refractivity contribution in [1.29, 1.82) is 0 Å². The summed E-state index contributed by atoms with van der Waals surface area (Å²) in [7, 11) is 2.08. The Morgan fingerprint density at radius 1 is 1.00 bits per heavy atom. The molecule has 6 heteroatoms. The summed E-state index contributed by atoms with van der Waals surface area (Å²) < 4.78 is 5.43. The fourth-order valence-electron chi connectivity index (χ4n) is 2.88. The lowest BCUT2D eigenvalue weighted by Crippen LogP contribution is -2.23. The van der Waals surface area contributed by atoms with Gasteiger partial charge in [-0.15, -0.1) is 24.0 Å². The fraction of sp³-hybridized carbons (Fsp3) is 0.227. The van der Waals surface area contributed by atoms with Gasteiger partial charge in [0.25, 0.3) is 0 Å². The number of nitrogens with one attached hydrogen (secondary N) is 1. The number of guanidine groups is 1. The van der Waals surface area contributed by atoms with Gasteiger partial charge in [-0.25, -0.2) is 4.99 Å². The molecular weight excluding hydrogens is 463 g/mol. The Labute approximate surface area is 183 Å². The van der Waals surface area contributed by atoms with Crippen molar-refractivity contribution in [2.24, 2.45) is 10.7 Å². The van der Waals surface area contributed by atoms with E-state index in [1.165, 1.54) is 11.1 Å². The van der Waals surface area contributed by atoms with Gasteiger partial charge in [0.2, 0.25) is 0 Å². The van der Waals surface area contributed by atoms with Crippen LogP contribution in [0.15, 0.2) is 76.3 Å². The Balaban J connectivity index is 0.00000280. The van der Waals surface area contributed by atoms with Gasteiger partial charge in [-0.2, -0.15) is 0 Å². The molecule has 3 aromatic rings. The quantitative estimate of drug-likeness (QED) is 0.285. The van der Waals surface area contributed by atoms with Crippen LogP contribution in [0, 0.1) is 6.92 Å². The van der Waals surface area contributed by atoms with Crippen molar-refractivity contribution in [3.63, 3.8) is 0 Å². The number of benzene rings is 2. The highest BCUT2D eigenvalue weighted by Gasteiger charge is 2.07. The number of hydrogen-bond donors (Lipinski definition) is 2. The molecule has 3 N–H and O–H groups in total. The summed E-state index contributed by atoms with van der Waals surface area (Å²) in [6.07, 6.45) is 1.70. The van der Waals surface area contributed by atoms with E-state index >= 15 is 0 Å². The third-order valence-corrected chi connectivity index (χ3v) is 4.31. The lowest BCUT2D eigenvalue weighted by molar-refractivity contribution is 0.287. The van der Waals surface area contributed by atoms with Crippen LogP contribution in [-0.2, 0) is 19.6 Å². The molecule has 148 valence electrons. The lowest BCUT2D eigenvalue weighted by Gasteiger charge is -2.17. The van der Waals surface area contributed by atoms with Gasteiger partial charge < -0.3 is 15.5 Å². The van der Waals surface area contributed by atoms with Gasteiger partial charge in [0.05, 0.1) is 19.4 Å². The minimum atomic E-state index is 0. The molecule has 0 fully saturated rings. The number of aryl methyl sites for hydroxylation is 1. The number of hydrogen-bond acceptors (Lipinski definition) is 3. The normalized spacial score (nSPS) is 11.3. The van der Waals surface area contributed by atoms with Crippen LogP contribution >= 0.6 is 24.0 Å². The fourth-order valence-corrected chi connectivity index (χ4v) is 2.88. The molecule has 3 rings (SSSR count). The van der Waals surface area contributed by atoms with Gasteiger partial charge in [0.15, 0.2) is 5.96 Å². The molecule has 0 radical (unpaired) electrons. The number of furan rings is 1. The van der Waals surface area contributed by atoms with E-state index in [0.717, 1.165) is 30.1 Å². The van der Waals surface area contributed by atoms with E-state index in [2.05, 4.69) is 47.4 Å². The maximum atomic E-state index is 6.05. The molecule has 1 aromatic heterocycles. The Morgan fingerprint density at radius 3 is 2.39 bits per heavy atom. The molecule has 0 saturated heterocycles. The third kappa shape index (κ3) is 6.69. The molecule has 0 aliphatic carbocycles. The topological polar surface area (TPSA) is 66.8 Å². The van der Waals surface area contributed by atoms with E-state index in [9.17, 15) is 0 Å². The number of anilines is 1. The van der Waals surface area contributed by atoms with Crippen LogP contribution < -0.4 is 11.1 Å². The Bertz CT molecular complexity index is 876. The minimum absolute atomic E-state index is 0. The van der Waals surface area contributed by atoms with Crippen molar-refractivity contribution in [2.75, 3.05) is 12.4 Å². The monoisotopic (exact) mass is 490 g/mol. The second-order valence-corrected chi connectivity index (χ2v) is 6.71. The van der Waals surface area contributed by atoms with Crippen molar-refractivity contribution >= 4 is 35.6 Å². The van der Waals surface area contributed by atoms with E-state index in [4.69, 9.17) is 10.2 Å². The van der Waals surface area contributed by atoms with Crippen molar-refractivity contribution in [2.45, 2.75) is 26.6 Å². The molecule has 0 saturated carbocycles. The zero-order valence-corrected chi connectivity index (χ0v) is 18.6. The molecule has 28 heavy (non-hydrogen) atoms. The molecule has 0 amide bonds. The van der Waals surface area contributed by atoms with Crippen molar-refractivity contribution in [3.8, 4) is 0 Å². The van der Waals surface area contributed by atoms with Crippen LogP contribution in [0.3, 0.4) is 0 Å². The van der Waals surface area contributed by atoms with E-state index in [-0.39, 0.29) is 24.0 Å². The Morgan fingerprint density at radius 2 is 1.71 bits per heavy atom. The van der Waals surface area contributed by atoms with Gasteiger partial charge >= 0.3 is 0 Å². The second-order valence-electron chi connectivity index (χ2n) is 6.71. The van der Waals surface area contributed by atoms with Gasteiger partial charge in [-0.05, 0) is 49.4 Å². The first-order valence-corrected chi connectivity index (χ1v) is 9.01. The maximum Gasteiger partial charge on any atom is 0.193 e. The van der Waals surface area contributed by atoms with E-state index < -0.39 is 0 Å². The highest BCUT2D eigenvalue weighted by Crippen LogP contribution is 2.15. The largest absolute Gasteiger partial charge is 0.468 e. The van der Waals surface area contributed by atoms with Crippen LogP contribution in [0.25, 0.3) is 0 Å². The van der Waals surface area contributed by atoms with Gasteiger partial charge in [-0.3, -0.25) is 4.90 Å². The highest BCUT2D eigenvalue weighted by atomic mass is 127. The predicted molar refractivity (Wildman–Crippen MR) is 126 cm³/mol. The van der Waals surface area contributed by atoms with Crippen molar-refractivity contribution in [3.05, 3.63) is 89.4 Å². The summed E-state index contributed by atoms with van der Waals surface area (Å²) in [5, 5.41) is 3.13. The first-order chi connectivity index (χ1) is 13.1. The summed E-state index contributed by atoms with van der Waals surface area (Å²) in [6, 6.07) is 20.3. The van der Waals surface area contributed by atoms with Gasteiger partial charge in [0, 0.05) is 12.2 Å². The molecule has 0 aliphatic heterocycles. The zero-order valence-electron chi connectivity index (χ0n) is 16.3. The number of nitrogens with two attached hydrogens (primary N) is 1. The predicted octanol–water partition coefficient (Wildman–Crippen LogP) is 4.76. The molecule has 0 spiro atoms. The molecule has 0 bridgehead atoms. The first-order valence-electron chi connectivity index (χ1n) is 9.01. The summed E-state index contributed by atoms with van der Waals surface area (Å²) in [4.78, 5) is 6.72. The number of aliphatic imine (C=N–C) groups is 1. The van der Waals surface area contributed by atoms with Crippen LogP contribution in [0.1, 0.15) is 22.5 Å². The number of nitrogens with zero attached hydrogens (tertiary/aromatic N) is 2. The third-order valence-electron chi connectivity index (χ3n) is 4.31. The molecule has 2 aromatic carbocycles. The number of rotatable bonds is 7. The molecular formula is C22H27IN4O. The van der Waals surface area contributed by atoms with E-state index in [1.54, 1.807) is 6.26 Å². The minimum Gasteiger partial charge on any atom is -0.468 e. The van der Waals surface area contributed by atoms with E-state index in [0.29, 0.717) is 12.5 Å². The van der Waals surface area contributed by atoms with Crippen LogP contribution in [0.4, 0.5) is 5.69 Å². The van der Waals surface area contributed by atoms with Crippen LogP contribution in [-0.4, -0.2) is 17.9 Å². The van der Waals surface area contributed by atoms with Gasteiger partial charge in [-0.1, -0.05) is 42.0 Å². The average molecular weight is 490 g/mol. The molecule has 1 heterocycles. The summed E-state index contributed by atoms with van der Waals surface area (Å²) in [5.74, 6) is 1.37.